The summed E-state index contributed by atoms with van der Waals surface area (Å²) in [6, 6.07) is 0. The number of piperidine rings is 1. The molecule has 92 valence electrons. The predicted molar refractivity (Wildman–Crippen MR) is 61.5 cm³/mol. The number of nitrogens with two attached hydrogens (primary N) is 1. The Balaban J connectivity index is 2.26. The van der Waals surface area contributed by atoms with Gasteiger partial charge in [0.1, 0.15) is 0 Å². The molecule has 6 heteroatoms. The highest BCUT2D eigenvalue weighted by Crippen LogP contribution is 2.14. The van der Waals surface area contributed by atoms with Gasteiger partial charge in [-0.2, -0.15) is 5.10 Å². The summed E-state index contributed by atoms with van der Waals surface area (Å²) in [5.74, 6) is -0.808. The van der Waals surface area contributed by atoms with Crippen LogP contribution in [0, 0.1) is 0 Å². The van der Waals surface area contributed by atoms with Gasteiger partial charge in [-0.15, -0.1) is 0 Å². The number of amides is 2. The molecule has 0 spiro atoms. The van der Waals surface area contributed by atoms with Crippen molar-refractivity contribution in [1.29, 1.82) is 0 Å². The Labute approximate surface area is 99.4 Å². The van der Waals surface area contributed by atoms with Gasteiger partial charge in [0.2, 0.25) is 0 Å². The summed E-state index contributed by atoms with van der Waals surface area (Å²) in [4.78, 5) is 25.1. The van der Waals surface area contributed by atoms with Crippen LogP contribution < -0.4 is 5.73 Å². The molecule has 1 aromatic heterocycles. The molecule has 1 saturated heterocycles. The molecule has 0 atom stereocenters. The molecular weight excluding hydrogens is 220 g/mol. The van der Waals surface area contributed by atoms with Crippen LogP contribution in [0.5, 0.6) is 0 Å². The molecule has 6 nitrogen and oxygen atoms in total. The fourth-order valence-corrected chi connectivity index (χ4v) is 2.07. The first-order chi connectivity index (χ1) is 8.09. The molecule has 2 N–H and O–H groups in total. The molecule has 0 bridgehead atoms. The fourth-order valence-electron chi connectivity index (χ4n) is 2.07. The van der Waals surface area contributed by atoms with Gasteiger partial charge in [-0.05, 0) is 19.3 Å². The highest BCUT2D eigenvalue weighted by molar-refractivity contribution is 6.05. The normalized spacial score (nSPS) is 15.9. The first-order valence-electron chi connectivity index (χ1n) is 5.72. The Kier molecular flexibility index (Phi) is 3.12. The van der Waals surface area contributed by atoms with Crippen molar-refractivity contribution in [2.75, 3.05) is 13.1 Å². The maximum absolute atomic E-state index is 12.2. The van der Waals surface area contributed by atoms with Crippen LogP contribution in [0.15, 0.2) is 6.20 Å². The van der Waals surface area contributed by atoms with E-state index in [1.165, 1.54) is 10.9 Å². The Hall–Kier alpha value is -1.85. The maximum atomic E-state index is 12.2. The van der Waals surface area contributed by atoms with E-state index >= 15 is 0 Å². The van der Waals surface area contributed by atoms with Gasteiger partial charge in [-0.25, -0.2) is 0 Å². The predicted octanol–water partition coefficient (Wildman–Crippen LogP) is 0.145. The van der Waals surface area contributed by atoms with E-state index in [9.17, 15) is 9.59 Å². The topological polar surface area (TPSA) is 81.2 Å². The van der Waals surface area contributed by atoms with Gasteiger partial charge in [-0.1, -0.05) is 0 Å². The van der Waals surface area contributed by atoms with E-state index in [1.807, 2.05) is 0 Å². The number of aromatic nitrogens is 2. The number of carbonyl (C=O) groups is 2. The quantitative estimate of drug-likeness (QED) is 0.793. The van der Waals surface area contributed by atoms with Gasteiger partial charge in [0, 0.05) is 26.3 Å². The lowest BCUT2D eigenvalue weighted by atomic mass is 10.1. The lowest BCUT2D eigenvalue weighted by Crippen LogP contribution is -2.36. The largest absolute Gasteiger partial charge is 0.365 e. The average Bonchev–Trinajstić information content (AvgIpc) is 2.72. The minimum absolute atomic E-state index is 0.168. The van der Waals surface area contributed by atoms with Crippen molar-refractivity contribution < 1.29 is 9.59 Å². The third-order valence-electron chi connectivity index (χ3n) is 2.94. The Morgan fingerprint density at radius 2 is 1.94 bits per heavy atom. The van der Waals surface area contributed by atoms with Crippen molar-refractivity contribution in [1.82, 2.24) is 14.7 Å². The molecule has 17 heavy (non-hydrogen) atoms. The number of likely N-dealkylation sites (tertiary alicyclic amines) is 1. The molecule has 2 heterocycles. The van der Waals surface area contributed by atoms with Crippen molar-refractivity contribution in [3.63, 3.8) is 0 Å². The number of rotatable bonds is 2. The van der Waals surface area contributed by atoms with Gasteiger partial charge in [0.05, 0.1) is 5.56 Å². The smallest absolute Gasteiger partial charge is 0.275 e. The number of primary amides is 1. The fraction of sp³-hybridized carbons (Fsp3) is 0.545. The number of aryl methyl sites for hydroxylation is 1. The van der Waals surface area contributed by atoms with E-state index in [2.05, 4.69) is 5.10 Å². The zero-order chi connectivity index (χ0) is 12.4. The van der Waals surface area contributed by atoms with Crippen LogP contribution >= 0.6 is 0 Å². The number of hydrogen-bond acceptors (Lipinski definition) is 3. The highest BCUT2D eigenvalue weighted by atomic mass is 16.2. The Morgan fingerprint density at radius 3 is 2.53 bits per heavy atom. The summed E-state index contributed by atoms with van der Waals surface area (Å²) >= 11 is 0. The van der Waals surface area contributed by atoms with Crippen LogP contribution in [0.2, 0.25) is 0 Å². The van der Waals surface area contributed by atoms with E-state index in [0.717, 1.165) is 32.4 Å². The van der Waals surface area contributed by atoms with E-state index in [4.69, 9.17) is 5.73 Å². The second-order valence-electron chi connectivity index (χ2n) is 4.28. The molecule has 0 aliphatic carbocycles. The highest BCUT2D eigenvalue weighted by Gasteiger charge is 2.25. The molecule has 0 aromatic carbocycles. The molecule has 1 aromatic rings. The van der Waals surface area contributed by atoms with Crippen molar-refractivity contribution in [3.05, 3.63) is 17.5 Å². The number of carbonyl (C=O) groups excluding carboxylic acids is 2. The summed E-state index contributed by atoms with van der Waals surface area (Å²) in [5.41, 5.74) is 5.60. The maximum Gasteiger partial charge on any atom is 0.275 e. The number of nitrogens with zero attached hydrogens (tertiary/aromatic N) is 3. The van der Waals surface area contributed by atoms with Gasteiger partial charge in [0.15, 0.2) is 5.69 Å². The second-order valence-corrected chi connectivity index (χ2v) is 4.28. The molecule has 0 radical (unpaired) electrons. The summed E-state index contributed by atoms with van der Waals surface area (Å²) < 4.78 is 1.44. The van der Waals surface area contributed by atoms with E-state index in [-0.39, 0.29) is 17.2 Å². The molecule has 0 saturated carbocycles. The molecule has 0 unspecified atom stereocenters. The lowest BCUT2D eigenvalue weighted by Gasteiger charge is -2.26. The molecular formula is C11H16N4O2. The van der Waals surface area contributed by atoms with Gasteiger partial charge >= 0.3 is 0 Å². The van der Waals surface area contributed by atoms with Crippen LogP contribution in [-0.2, 0) is 7.05 Å². The van der Waals surface area contributed by atoms with Gasteiger partial charge < -0.3 is 10.6 Å². The summed E-state index contributed by atoms with van der Waals surface area (Å²) in [7, 11) is 1.67. The first kappa shape index (κ1) is 11.6. The lowest BCUT2D eigenvalue weighted by molar-refractivity contribution is 0.0713. The average molecular weight is 236 g/mol. The van der Waals surface area contributed by atoms with Crippen LogP contribution in [0.4, 0.5) is 0 Å². The second kappa shape index (κ2) is 4.57. The zero-order valence-corrected chi connectivity index (χ0v) is 9.85. The minimum atomic E-state index is -0.613. The molecule has 1 aliphatic rings. The zero-order valence-electron chi connectivity index (χ0n) is 9.85. The van der Waals surface area contributed by atoms with Crippen LogP contribution in [0.1, 0.15) is 40.1 Å². The standard InChI is InChI=1S/C11H16N4O2/c1-14-7-8(10(12)16)9(13-14)11(17)15-5-3-2-4-6-15/h7H,2-6H2,1H3,(H2,12,16). The summed E-state index contributed by atoms with van der Waals surface area (Å²) in [6.07, 6.45) is 4.64. The van der Waals surface area contributed by atoms with E-state index in [1.54, 1.807) is 11.9 Å². The molecule has 1 aliphatic heterocycles. The van der Waals surface area contributed by atoms with Crippen LogP contribution in [0.3, 0.4) is 0 Å². The monoisotopic (exact) mass is 236 g/mol. The van der Waals surface area contributed by atoms with Gasteiger partial charge in [0.25, 0.3) is 11.8 Å². The van der Waals surface area contributed by atoms with Crippen molar-refractivity contribution >= 4 is 11.8 Å². The Morgan fingerprint density at radius 1 is 1.29 bits per heavy atom. The molecule has 2 rings (SSSR count). The SMILES string of the molecule is Cn1cc(C(N)=O)c(C(=O)N2CCCCC2)n1. The first-order valence-corrected chi connectivity index (χ1v) is 5.72. The van der Waals surface area contributed by atoms with Crippen LogP contribution in [0.25, 0.3) is 0 Å². The van der Waals surface area contributed by atoms with Crippen LogP contribution in [-0.4, -0.2) is 39.6 Å². The molecule has 1 fully saturated rings. The Bertz CT molecular complexity index is 446. The summed E-state index contributed by atoms with van der Waals surface area (Å²) in [5, 5.41) is 4.03. The third-order valence-corrected chi connectivity index (χ3v) is 2.94. The molecule has 2 amide bonds. The van der Waals surface area contributed by atoms with Crippen molar-refractivity contribution in [2.24, 2.45) is 12.8 Å². The van der Waals surface area contributed by atoms with Gasteiger partial charge in [-0.3, -0.25) is 14.3 Å². The summed E-state index contributed by atoms with van der Waals surface area (Å²) in [6.45, 7) is 1.46. The number of hydrogen-bond donors (Lipinski definition) is 1. The van der Waals surface area contributed by atoms with E-state index < -0.39 is 5.91 Å². The van der Waals surface area contributed by atoms with Crippen molar-refractivity contribution in [2.45, 2.75) is 19.3 Å². The third kappa shape index (κ3) is 2.30. The van der Waals surface area contributed by atoms with Crippen molar-refractivity contribution in [3.8, 4) is 0 Å². The van der Waals surface area contributed by atoms with E-state index in [0.29, 0.717) is 0 Å². The minimum Gasteiger partial charge on any atom is -0.365 e.